The molecule has 1 heterocycles. The Morgan fingerprint density at radius 3 is 2.74 bits per heavy atom. The maximum atomic E-state index is 5.25. The smallest absolute Gasteiger partial charge is 0.119 e. The highest BCUT2D eigenvalue weighted by molar-refractivity contribution is 5.48. The van der Waals surface area contributed by atoms with E-state index in [0.29, 0.717) is 5.92 Å². The third-order valence-corrected chi connectivity index (χ3v) is 3.17. The largest absolute Gasteiger partial charge is 0.497 e. The minimum absolute atomic E-state index is 0.480. The van der Waals surface area contributed by atoms with E-state index in [1.165, 1.54) is 11.1 Å². The van der Waals surface area contributed by atoms with E-state index in [2.05, 4.69) is 36.2 Å². The molecule has 2 aromatic rings. The second-order valence-corrected chi connectivity index (χ2v) is 4.60. The van der Waals surface area contributed by atoms with Gasteiger partial charge < -0.3 is 4.74 Å². The van der Waals surface area contributed by atoms with Crippen LogP contribution in [0.5, 0.6) is 5.75 Å². The number of benzene rings is 1. The summed E-state index contributed by atoms with van der Waals surface area (Å²) in [4.78, 5) is 4.01. The number of aromatic nitrogens is 1. The molecular weight excluding hydrogens is 234 g/mol. The highest BCUT2D eigenvalue weighted by atomic mass is 16.5. The van der Waals surface area contributed by atoms with Crippen LogP contribution in [0.4, 0.5) is 0 Å². The monoisotopic (exact) mass is 253 g/mol. The fraction of sp³-hybridized carbons (Fsp3) is 0.235. The molecule has 0 saturated heterocycles. The molecule has 2 heteroatoms. The molecule has 98 valence electrons. The molecule has 0 saturated carbocycles. The van der Waals surface area contributed by atoms with Gasteiger partial charge in [-0.25, -0.2) is 0 Å². The van der Waals surface area contributed by atoms with E-state index in [9.17, 15) is 0 Å². The summed E-state index contributed by atoms with van der Waals surface area (Å²) < 4.78 is 5.25. The van der Waals surface area contributed by atoms with Crippen molar-refractivity contribution >= 4 is 6.08 Å². The Hall–Kier alpha value is -2.09. The van der Waals surface area contributed by atoms with Crippen molar-refractivity contribution in [2.24, 2.45) is 0 Å². The van der Waals surface area contributed by atoms with Gasteiger partial charge in [0.15, 0.2) is 0 Å². The van der Waals surface area contributed by atoms with E-state index in [-0.39, 0.29) is 0 Å². The first kappa shape index (κ1) is 13.3. The van der Waals surface area contributed by atoms with Crippen molar-refractivity contribution in [1.82, 2.24) is 4.98 Å². The highest BCUT2D eigenvalue weighted by Gasteiger charge is 2.04. The minimum atomic E-state index is 0.480. The molecule has 0 fully saturated rings. The van der Waals surface area contributed by atoms with Crippen LogP contribution in [0.2, 0.25) is 0 Å². The predicted octanol–water partition coefficient (Wildman–Crippen LogP) is 4.30. The van der Waals surface area contributed by atoms with E-state index in [1.54, 1.807) is 7.11 Å². The molecule has 1 atom stereocenters. The van der Waals surface area contributed by atoms with Crippen molar-refractivity contribution in [2.75, 3.05) is 7.11 Å². The van der Waals surface area contributed by atoms with E-state index in [1.807, 2.05) is 36.7 Å². The van der Waals surface area contributed by atoms with Crippen LogP contribution in [0.15, 0.2) is 54.9 Å². The van der Waals surface area contributed by atoms with Gasteiger partial charge in [0, 0.05) is 12.4 Å². The number of pyridine rings is 1. The zero-order valence-corrected chi connectivity index (χ0v) is 11.4. The van der Waals surface area contributed by atoms with E-state index in [0.717, 1.165) is 12.2 Å². The molecule has 0 spiro atoms. The zero-order valence-electron chi connectivity index (χ0n) is 11.4. The van der Waals surface area contributed by atoms with Crippen LogP contribution in [0.1, 0.15) is 30.4 Å². The number of methoxy groups -OCH3 is 1. The highest BCUT2D eigenvalue weighted by Crippen LogP contribution is 2.23. The summed E-state index contributed by atoms with van der Waals surface area (Å²) in [6.07, 6.45) is 8.98. The third-order valence-electron chi connectivity index (χ3n) is 3.17. The van der Waals surface area contributed by atoms with Crippen molar-refractivity contribution in [2.45, 2.75) is 19.3 Å². The molecule has 0 aliphatic carbocycles. The lowest BCUT2D eigenvalue weighted by Gasteiger charge is -2.10. The molecule has 2 rings (SSSR count). The first-order valence-corrected chi connectivity index (χ1v) is 6.50. The van der Waals surface area contributed by atoms with Crippen LogP contribution in [0.3, 0.4) is 0 Å². The number of rotatable bonds is 5. The van der Waals surface area contributed by atoms with Gasteiger partial charge in [0.25, 0.3) is 0 Å². The first-order valence-electron chi connectivity index (χ1n) is 6.50. The van der Waals surface area contributed by atoms with Crippen LogP contribution >= 0.6 is 0 Å². The molecule has 0 aliphatic heterocycles. The van der Waals surface area contributed by atoms with Crippen LogP contribution in [-0.4, -0.2) is 12.1 Å². The van der Waals surface area contributed by atoms with E-state index < -0.39 is 0 Å². The van der Waals surface area contributed by atoms with Crippen molar-refractivity contribution in [3.63, 3.8) is 0 Å². The van der Waals surface area contributed by atoms with Gasteiger partial charge in [0.05, 0.1) is 7.11 Å². The Morgan fingerprint density at radius 2 is 2.00 bits per heavy atom. The van der Waals surface area contributed by atoms with E-state index >= 15 is 0 Å². The Bertz CT molecular complexity index is 534. The molecule has 1 aromatic heterocycles. The number of ether oxygens (including phenoxy) is 1. The van der Waals surface area contributed by atoms with Gasteiger partial charge in [-0.3, -0.25) is 4.98 Å². The topological polar surface area (TPSA) is 22.1 Å². The number of hydrogen-bond donors (Lipinski definition) is 0. The van der Waals surface area contributed by atoms with Gasteiger partial charge in [-0.2, -0.15) is 0 Å². The summed E-state index contributed by atoms with van der Waals surface area (Å²) in [5.41, 5.74) is 2.49. The second kappa shape index (κ2) is 6.74. The Kier molecular flexibility index (Phi) is 4.73. The fourth-order valence-corrected chi connectivity index (χ4v) is 1.97. The number of hydrogen-bond acceptors (Lipinski definition) is 2. The fourth-order valence-electron chi connectivity index (χ4n) is 1.97. The van der Waals surface area contributed by atoms with Gasteiger partial charge in [0.2, 0.25) is 0 Å². The molecule has 0 bridgehead atoms. The van der Waals surface area contributed by atoms with E-state index in [4.69, 9.17) is 4.74 Å². The lowest BCUT2D eigenvalue weighted by molar-refractivity contribution is 0.414. The zero-order chi connectivity index (χ0) is 13.5. The third kappa shape index (κ3) is 3.95. The Balaban J connectivity index is 1.97. The van der Waals surface area contributed by atoms with Crippen molar-refractivity contribution in [3.05, 3.63) is 66.0 Å². The maximum Gasteiger partial charge on any atom is 0.119 e. The van der Waals surface area contributed by atoms with Crippen LogP contribution in [0, 0.1) is 0 Å². The van der Waals surface area contributed by atoms with Gasteiger partial charge in [-0.1, -0.05) is 31.2 Å². The Morgan fingerprint density at radius 1 is 1.21 bits per heavy atom. The number of allylic oxidation sites excluding steroid dienone is 1. The first-order chi connectivity index (χ1) is 9.29. The Labute approximate surface area is 114 Å². The molecule has 19 heavy (non-hydrogen) atoms. The molecule has 0 radical (unpaired) electrons. The van der Waals surface area contributed by atoms with Gasteiger partial charge in [-0.05, 0) is 47.7 Å². The normalized spacial score (nSPS) is 12.5. The van der Waals surface area contributed by atoms with Gasteiger partial charge in [-0.15, -0.1) is 0 Å². The average Bonchev–Trinajstić information content (AvgIpc) is 2.48. The lowest BCUT2D eigenvalue weighted by Crippen LogP contribution is -1.92. The van der Waals surface area contributed by atoms with Crippen LogP contribution < -0.4 is 4.74 Å². The average molecular weight is 253 g/mol. The summed E-state index contributed by atoms with van der Waals surface area (Å²) in [6.45, 7) is 2.23. The van der Waals surface area contributed by atoms with Crippen LogP contribution in [0.25, 0.3) is 6.08 Å². The molecule has 1 unspecified atom stereocenters. The number of nitrogens with zero attached hydrogens (tertiary/aromatic N) is 1. The van der Waals surface area contributed by atoms with Crippen molar-refractivity contribution in [3.8, 4) is 5.75 Å². The quantitative estimate of drug-likeness (QED) is 0.792. The second-order valence-electron chi connectivity index (χ2n) is 4.60. The molecule has 0 amide bonds. The standard InChI is InChI=1S/C17H19NO/c1-14(16-7-4-8-17(13-16)19-2)5-3-6-15-9-11-18-12-10-15/h3-4,6-14H,5H2,1-2H3/b6-3-. The predicted molar refractivity (Wildman–Crippen MR) is 79.3 cm³/mol. The molecule has 0 aliphatic rings. The summed E-state index contributed by atoms with van der Waals surface area (Å²) in [5.74, 6) is 1.40. The molecule has 1 aromatic carbocycles. The SMILES string of the molecule is COc1cccc(C(C)C/C=C\c2ccncc2)c1. The maximum absolute atomic E-state index is 5.25. The van der Waals surface area contributed by atoms with Crippen molar-refractivity contribution in [1.29, 1.82) is 0 Å². The lowest BCUT2D eigenvalue weighted by atomic mass is 9.97. The van der Waals surface area contributed by atoms with Gasteiger partial charge in [0.1, 0.15) is 5.75 Å². The van der Waals surface area contributed by atoms with Crippen LogP contribution in [-0.2, 0) is 0 Å². The van der Waals surface area contributed by atoms with Crippen molar-refractivity contribution < 1.29 is 4.74 Å². The minimum Gasteiger partial charge on any atom is -0.497 e. The molecule has 0 N–H and O–H groups in total. The molecule has 2 nitrogen and oxygen atoms in total. The summed E-state index contributed by atoms with van der Waals surface area (Å²) >= 11 is 0. The summed E-state index contributed by atoms with van der Waals surface area (Å²) in [5, 5.41) is 0. The molecular formula is C17H19NO. The summed E-state index contributed by atoms with van der Waals surface area (Å²) in [7, 11) is 1.70. The summed E-state index contributed by atoms with van der Waals surface area (Å²) in [6, 6.07) is 12.3. The van der Waals surface area contributed by atoms with Gasteiger partial charge >= 0.3 is 0 Å².